The highest BCUT2D eigenvalue weighted by molar-refractivity contribution is 6.31. The molecule has 2 aromatic rings. The average Bonchev–Trinajstić information content (AvgIpc) is 2.63. The number of amides is 1. The lowest BCUT2D eigenvalue weighted by atomic mass is 10.3. The summed E-state index contributed by atoms with van der Waals surface area (Å²) in [6.45, 7) is 0. The van der Waals surface area contributed by atoms with Crippen LogP contribution in [0.4, 0.5) is 10.1 Å². The molecule has 2 rings (SSSR count). The molecule has 0 aliphatic carbocycles. The van der Waals surface area contributed by atoms with Gasteiger partial charge in [-0.15, -0.1) is 0 Å². The topological polar surface area (TPSA) is 42.2 Å². The van der Waals surface area contributed by atoms with Crippen molar-refractivity contribution in [2.75, 3.05) is 5.32 Å². The van der Waals surface area contributed by atoms with Gasteiger partial charge in [0.15, 0.2) is 11.0 Å². The molecule has 0 spiro atoms. The Morgan fingerprint density at radius 2 is 2.00 bits per heavy atom. The van der Waals surface area contributed by atoms with Gasteiger partial charge in [-0.25, -0.2) is 4.39 Å². The highest BCUT2D eigenvalue weighted by Crippen LogP contribution is 2.20. The second-order valence-electron chi connectivity index (χ2n) is 3.22. The van der Waals surface area contributed by atoms with E-state index in [0.29, 0.717) is 0 Å². The lowest BCUT2D eigenvalue weighted by Gasteiger charge is -2.03. The third-order valence-corrected chi connectivity index (χ3v) is 2.34. The number of benzene rings is 1. The maximum atomic E-state index is 13.0. The summed E-state index contributed by atoms with van der Waals surface area (Å²) in [5.41, 5.74) is 0.243. The van der Waals surface area contributed by atoms with Gasteiger partial charge in [0.25, 0.3) is 5.91 Å². The van der Waals surface area contributed by atoms with Gasteiger partial charge in [-0.3, -0.25) is 4.79 Å². The fourth-order valence-corrected chi connectivity index (χ4v) is 1.62. The van der Waals surface area contributed by atoms with Crippen LogP contribution in [-0.2, 0) is 0 Å². The summed E-state index contributed by atoms with van der Waals surface area (Å²) in [6, 6.07) is 6.57. The second kappa shape index (κ2) is 4.77. The van der Waals surface area contributed by atoms with Crippen molar-refractivity contribution in [1.29, 1.82) is 0 Å². The Hall–Kier alpha value is -1.52. The van der Waals surface area contributed by atoms with Crippen LogP contribution >= 0.6 is 23.2 Å². The van der Waals surface area contributed by atoms with Crippen molar-refractivity contribution >= 4 is 34.8 Å². The number of furan rings is 1. The number of nitrogens with one attached hydrogen (secondary N) is 1. The molecular formula is C11H6Cl2FNO2. The number of anilines is 1. The Kier molecular flexibility index (Phi) is 3.36. The first-order chi connectivity index (χ1) is 8.04. The molecule has 0 aliphatic rings. The van der Waals surface area contributed by atoms with Crippen molar-refractivity contribution in [3.63, 3.8) is 0 Å². The maximum Gasteiger partial charge on any atom is 0.291 e. The van der Waals surface area contributed by atoms with Gasteiger partial charge >= 0.3 is 0 Å². The molecular weight excluding hydrogens is 268 g/mol. The molecule has 88 valence electrons. The average molecular weight is 274 g/mol. The monoisotopic (exact) mass is 273 g/mol. The van der Waals surface area contributed by atoms with Gasteiger partial charge in [-0.05, 0) is 41.9 Å². The smallest absolute Gasteiger partial charge is 0.291 e. The van der Waals surface area contributed by atoms with Crippen LogP contribution in [0.15, 0.2) is 34.7 Å². The van der Waals surface area contributed by atoms with Gasteiger partial charge in [0.05, 0.1) is 0 Å². The summed E-state index contributed by atoms with van der Waals surface area (Å²) in [5.74, 6) is -1.03. The molecule has 1 heterocycles. The number of rotatable bonds is 2. The van der Waals surface area contributed by atoms with Crippen LogP contribution in [0.5, 0.6) is 0 Å². The lowest BCUT2D eigenvalue weighted by molar-refractivity contribution is 0.0997. The van der Waals surface area contributed by atoms with Crippen LogP contribution in [0, 0.1) is 5.82 Å². The predicted molar refractivity (Wildman–Crippen MR) is 63.1 cm³/mol. The highest BCUT2D eigenvalue weighted by Gasteiger charge is 2.11. The molecule has 0 fully saturated rings. The van der Waals surface area contributed by atoms with E-state index < -0.39 is 11.7 Å². The number of hydrogen-bond acceptors (Lipinski definition) is 2. The third-order valence-electron chi connectivity index (χ3n) is 1.92. The number of carbonyl (C=O) groups excluding carboxylic acids is 1. The summed E-state index contributed by atoms with van der Waals surface area (Å²) >= 11 is 11.2. The molecule has 0 aliphatic heterocycles. The van der Waals surface area contributed by atoms with Crippen LogP contribution < -0.4 is 5.32 Å². The number of halogens is 3. The van der Waals surface area contributed by atoms with Crippen molar-refractivity contribution in [3.05, 3.63) is 52.2 Å². The SMILES string of the molecule is O=C(Nc1cc(F)cc(Cl)c1)c1ccc(Cl)o1. The molecule has 1 aromatic carbocycles. The van der Waals surface area contributed by atoms with Crippen LogP contribution in [0.1, 0.15) is 10.6 Å². The summed E-state index contributed by atoms with van der Waals surface area (Å²) in [6.07, 6.45) is 0. The Morgan fingerprint density at radius 3 is 2.59 bits per heavy atom. The summed E-state index contributed by atoms with van der Waals surface area (Å²) < 4.78 is 17.9. The Morgan fingerprint density at radius 1 is 1.24 bits per heavy atom. The molecule has 1 amide bonds. The van der Waals surface area contributed by atoms with E-state index in [-0.39, 0.29) is 21.7 Å². The van der Waals surface area contributed by atoms with Crippen molar-refractivity contribution in [2.24, 2.45) is 0 Å². The first kappa shape index (κ1) is 12.0. The van der Waals surface area contributed by atoms with Crippen molar-refractivity contribution in [3.8, 4) is 0 Å². The zero-order valence-corrected chi connectivity index (χ0v) is 9.85. The van der Waals surface area contributed by atoms with E-state index in [2.05, 4.69) is 5.32 Å². The largest absolute Gasteiger partial charge is 0.440 e. The molecule has 1 aromatic heterocycles. The normalized spacial score (nSPS) is 10.3. The fourth-order valence-electron chi connectivity index (χ4n) is 1.26. The van der Waals surface area contributed by atoms with Gasteiger partial charge in [0.2, 0.25) is 0 Å². The molecule has 0 atom stereocenters. The van der Waals surface area contributed by atoms with Crippen LogP contribution in [0.25, 0.3) is 0 Å². The predicted octanol–water partition coefficient (Wildman–Crippen LogP) is 3.98. The summed E-state index contributed by atoms with van der Waals surface area (Å²) in [5, 5.41) is 2.73. The Labute approximate surface area is 106 Å². The lowest BCUT2D eigenvalue weighted by Crippen LogP contribution is -2.10. The van der Waals surface area contributed by atoms with Crippen molar-refractivity contribution < 1.29 is 13.6 Å². The van der Waals surface area contributed by atoms with Crippen LogP contribution in [-0.4, -0.2) is 5.91 Å². The number of carbonyl (C=O) groups is 1. The molecule has 0 radical (unpaired) electrons. The molecule has 17 heavy (non-hydrogen) atoms. The molecule has 6 heteroatoms. The second-order valence-corrected chi connectivity index (χ2v) is 4.02. The van der Waals surface area contributed by atoms with E-state index >= 15 is 0 Å². The molecule has 0 saturated carbocycles. The van der Waals surface area contributed by atoms with Crippen LogP contribution in [0.3, 0.4) is 0 Å². The molecule has 0 unspecified atom stereocenters. The minimum Gasteiger partial charge on any atom is -0.440 e. The van der Waals surface area contributed by atoms with Gasteiger partial charge < -0.3 is 9.73 Å². The molecule has 0 bridgehead atoms. The van der Waals surface area contributed by atoms with E-state index in [9.17, 15) is 9.18 Å². The van der Waals surface area contributed by atoms with E-state index in [1.807, 2.05) is 0 Å². The maximum absolute atomic E-state index is 13.0. The first-order valence-electron chi connectivity index (χ1n) is 4.57. The minimum absolute atomic E-state index is 0.0374. The minimum atomic E-state index is -0.537. The van der Waals surface area contributed by atoms with Crippen molar-refractivity contribution in [1.82, 2.24) is 0 Å². The zero-order valence-electron chi connectivity index (χ0n) is 8.34. The van der Waals surface area contributed by atoms with E-state index in [1.165, 1.54) is 18.2 Å². The summed E-state index contributed by atoms with van der Waals surface area (Å²) in [7, 11) is 0. The zero-order chi connectivity index (χ0) is 12.4. The first-order valence-corrected chi connectivity index (χ1v) is 5.33. The third kappa shape index (κ3) is 2.99. The highest BCUT2D eigenvalue weighted by atomic mass is 35.5. The quantitative estimate of drug-likeness (QED) is 0.900. The van der Waals surface area contributed by atoms with E-state index in [0.717, 1.165) is 12.1 Å². The van der Waals surface area contributed by atoms with Crippen LogP contribution in [0.2, 0.25) is 10.2 Å². The fraction of sp³-hybridized carbons (Fsp3) is 0. The standard InChI is InChI=1S/C11H6Cl2FNO2/c12-6-3-7(14)5-8(4-6)15-11(16)9-1-2-10(13)17-9/h1-5H,(H,15,16). The Balaban J connectivity index is 2.18. The van der Waals surface area contributed by atoms with Gasteiger partial charge in [0.1, 0.15) is 5.82 Å². The van der Waals surface area contributed by atoms with E-state index in [1.54, 1.807) is 0 Å². The number of hydrogen-bond donors (Lipinski definition) is 1. The molecule has 0 saturated heterocycles. The molecule has 1 N–H and O–H groups in total. The summed E-state index contributed by atoms with van der Waals surface area (Å²) in [4.78, 5) is 11.6. The van der Waals surface area contributed by atoms with Crippen molar-refractivity contribution in [2.45, 2.75) is 0 Å². The van der Waals surface area contributed by atoms with E-state index in [4.69, 9.17) is 27.6 Å². The van der Waals surface area contributed by atoms with Gasteiger partial charge in [-0.1, -0.05) is 11.6 Å². The molecule has 3 nitrogen and oxygen atoms in total. The van der Waals surface area contributed by atoms with Gasteiger partial charge in [-0.2, -0.15) is 0 Å². The van der Waals surface area contributed by atoms with Gasteiger partial charge in [0, 0.05) is 10.7 Å². The Bertz CT molecular complexity index is 548.